The maximum absolute atomic E-state index is 13.3. The Bertz CT molecular complexity index is 1160. The third kappa shape index (κ3) is 2.72. The molecule has 0 radical (unpaired) electrons. The number of rotatable bonds is 4. The molecule has 1 N–H and O–H groups in total. The number of ether oxygens (including phenoxy) is 2. The Morgan fingerprint density at radius 1 is 1.24 bits per heavy atom. The van der Waals surface area contributed by atoms with Gasteiger partial charge >= 0.3 is 0 Å². The Kier molecular flexibility index (Phi) is 4.84. The fourth-order valence-corrected chi connectivity index (χ4v) is 7.29. The predicted molar refractivity (Wildman–Crippen MR) is 130 cm³/mol. The molecule has 2 aliphatic carbocycles. The second-order valence-electron chi connectivity index (χ2n) is 10.3. The van der Waals surface area contributed by atoms with E-state index in [2.05, 4.69) is 18.0 Å². The lowest BCUT2D eigenvalue weighted by Gasteiger charge is -2.64. The highest BCUT2D eigenvalue weighted by Gasteiger charge is 2.73. The number of likely N-dealkylation sites (N-methyl/N-ethyl adjacent to an activating group) is 2. The minimum atomic E-state index is -0.893. The van der Waals surface area contributed by atoms with Crippen molar-refractivity contribution in [3.8, 4) is 11.5 Å². The molecule has 6 heteroatoms. The summed E-state index contributed by atoms with van der Waals surface area (Å²) in [6.45, 7) is 0.890. The summed E-state index contributed by atoms with van der Waals surface area (Å²) in [5, 5.41) is 12.4. The van der Waals surface area contributed by atoms with Crippen molar-refractivity contribution in [1.29, 1.82) is 0 Å². The third-order valence-corrected chi connectivity index (χ3v) is 8.97. The number of likely N-dealkylation sites (tertiary alicyclic amines) is 1. The molecule has 2 aliphatic heterocycles. The van der Waals surface area contributed by atoms with E-state index >= 15 is 0 Å². The van der Waals surface area contributed by atoms with E-state index in [0.29, 0.717) is 18.6 Å². The molecule has 2 bridgehead atoms. The number of benzene rings is 2. The van der Waals surface area contributed by atoms with Gasteiger partial charge in [0.15, 0.2) is 11.5 Å². The zero-order valence-corrected chi connectivity index (χ0v) is 20.0. The molecule has 5 atom stereocenters. The predicted octanol–water partition coefficient (Wildman–Crippen LogP) is 3.02. The minimum Gasteiger partial charge on any atom is -0.493 e. The SMILES string of the molecule is COc1ccc2c3c1O[C@H]1[C@H](N(C)C(=O)C=Cc4ccccc4)CC[C@@]4(O)[C@@H](C2)N(C)CC[C@]314. The van der Waals surface area contributed by atoms with Gasteiger partial charge in [0.2, 0.25) is 5.91 Å². The van der Waals surface area contributed by atoms with Crippen molar-refractivity contribution >= 4 is 12.0 Å². The Hall–Kier alpha value is -2.83. The van der Waals surface area contributed by atoms with E-state index in [-0.39, 0.29) is 24.1 Å². The van der Waals surface area contributed by atoms with Crippen LogP contribution in [-0.2, 0) is 16.6 Å². The molecule has 4 aliphatic rings. The molecule has 6 nitrogen and oxygen atoms in total. The van der Waals surface area contributed by atoms with Crippen molar-refractivity contribution < 1.29 is 19.4 Å². The molecule has 1 spiro atoms. The number of methoxy groups -OCH3 is 1. The van der Waals surface area contributed by atoms with Gasteiger partial charge in [-0.3, -0.25) is 4.79 Å². The summed E-state index contributed by atoms with van der Waals surface area (Å²) < 4.78 is 12.4. The molecule has 2 aromatic rings. The topological polar surface area (TPSA) is 62.2 Å². The summed E-state index contributed by atoms with van der Waals surface area (Å²) in [5.41, 5.74) is 1.91. The van der Waals surface area contributed by atoms with Crippen LogP contribution < -0.4 is 9.47 Å². The van der Waals surface area contributed by atoms with E-state index in [0.717, 1.165) is 36.3 Å². The molecule has 1 saturated heterocycles. The molecule has 0 aromatic heterocycles. The highest BCUT2D eigenvalue weighted by atomic mass is 16.5. The number of hydrogen-bond acceptors (Lipinski definition) is 5. The van der Waals surface area contributed by atoms with Gasteiger partial charge in [0.1, 0.15) is 6.10 Å². The Balaban J connectivity index is 1.41. The molecule has 2 aromatic carbocycles. The highest BCUT2D eigenvalue weighted by molar-refractivity contribution is 5.92. The molecule has 2 heterocycles. The molecule has 34 heavy (non-hydrogen) atoms. The van der Waals surface area contributed by atoms with E-state index in [1.165, 1.54) is 5.56 Å². The molecule has 2 fully saturated rings. The number of amides is 1. The fraction of sp³-hybridized carbons (Fsp3) is 0.464. The van der Waals surface area contributed by atoms with Gasteiger partial charge in [-0.2, -0.15) is 0 Å². The Morgan fingerprint density at radius 3 is 2.79 bits per heavy atom. The summed E-state index contributed by atoms with van der Waals surface area (Å²) in [6, 6.07) is 13.9. The number of hydrogen-bond donors (Lipinski definition) is 1. The first-order chi connectivity index (χ1) is 16.4. The van der Waals surface area contributed by atoms with Gasteiger partial charge in [-0.1, -0.05) is 36.4 Å². The van der Waals surface area contributed by atoms with E-state index in [4.69, 9.17) is 9.47 Å². The van der Waals surface area contributed by atoms with E-state index in [9.17, 15) is 9.90 Å². The van der Waals surface area contributed by atoms with E-state index in [1.54, 1.807) is 13.2 Å². The number of carbonyl (C=O) groups excluding carboxylic acids is 1. The van der Waals surface area contributed by atoms with Crippen LogP contribution in [0.3, 0.4) is 0 Å². The van der Waals surface area contributed by atoms with Crippen LogP contribution in [0.5, 0.6) is 11.5 Å². The Labute approximate surface area is 200 Å². The molecular formula is C28H32N2O4. The van der Waals surface area contributed by atoms with Crippen LogP contribution in [0.1, 0.15) is 36.0 Å². The second kappa shape index (κ2) is 7.59. The maximum Gasteiger partial charge on any atom is 0.246 e. The van der Waals surface area contributed by atoms with E-state index < -0.39 is 11.0 Å². The minimum absolute atomic E-state index is 0.0409. The van der Waals surface area contributed by atoms with Crippen molar-refractivity contribution in [3.05, 3.63) is 65.2 Å². The summed E-state index contributed by atoms with van der Waals surface area (Å²) >= 11 is 0. The first-order valence-electron chi connectivity index (χ1n) is 12.2. The zero-order valence-electron chi connectivity index (χ0n) is 20.0. The lowest BCUT2D eigenvalue weighted by Crippen LogP contribution is -2.77. The average Bonchev–Trinajstić information content (AvgIpc) is 3.20. The van der Waals surface area contributed by atoms with Crippen molar-refractivity contribution in [1.82, 2.24) is 9.80 Å². The van der Waals surface area contributed by atoms with Crippen LogP contribution in [-0.4, -0.2) is 72.4 Å². The molecule has 1 saturated carbocycles. The van der Waals surface area contributed by atoms with Crippen molar-refractivity contribution in [2.45, 2.75) is 54.9 Å². The fourth-order valence-electron chi connectivity index (χ4n) is 7.29. The van der Waals surface area contributed by atoms with Gasteiger partial charge in [0, 0.05) is 24.7 Å². The lowest BCUT2D eigenvalue weighted by atomic mass is 9.48. The highest BCUT2D eigenvalue weighted by Crippen LogP contribution is 2.65. The third-order valence-electron chi connectivity index (χ3n) is 8.97. The van der Waals surface area contributed by atoms with Gasteiger partial charge < -0.3 is 24.4 Å². The second-order valence-corrected chi connectivity index (χ2v) is 10.3. The van der Waals surface area contributed by atoms with Crippen LogP contribution in [0, 0.1) is 0 Å². The van der Waals surface area contributed by atoms with Crippen molar-refractivity contribution in [2.24, 2.45) is 0 Å². The zero-order chi connectivity index (χ0) is 23.7. The van der Waals surface area contributed by atoms with Gasteiger partial charge in [0.05, 0.1) is 24.2 Å². The first-order valence-corrected chi connectivity index (χ1v) is 12.2. The maximum atomic E-state index is 13.3. The molecular weight excluding hydrogens is 428 g/mol. The summed E-state index contributed by atoms with van der Waals surface area (Å²) in [4.78, 5) is 17.4. The van der Waals surface area contributed by atoms with Crippen molar-refractivity contribution in [3.63, 3.8) is 0 Å². The summed E-state index contributed by atoms with van der Waals surface area (Å²) in [7, 11) is 5.64. The first kappa shape index (κ1) is 21.7. The molecule has 0 unspecified atom stereocenters. The summed E-state index contributed by atoms with van der Waals surface area (Å²) in [5.74, 6) is 1.42. The molecule has 1 amide bonds. The average molecular weight is 461 g/mol. The van der Waals surface area contributed by atoms with Crippen LogP contribution in [0.25, 0.3) is 6.08 Å². The number of carbonyl (C=O) groups is 1. The van der Waals surface area contributed by atoms with E-state index in [1.807, 2.05) is 54.4 Å². The van der Waals surface area contributed by atoms with Gasteiger partial charge in [-0.05, 0) is 62.5 Å². The number of piperidine rings is 1. The quantitative estimate of drug-likeness (QED) is 0.711. The van der Waals surface area contributed by atoms with Crippen LogP contribution in [0.4, 0.5) is 0 Å². The largest absolute Gasteiger partial charge is 0.493 e. The normalized spacial score (nSPS) is 33.4. The van der Waals surface area contributed by atoms with Crippen LogP contribution in [0.15, 0.2) is 48.5 Å². The lowest BCUT2D eigenvalue weighted by molar-refractivity contribution is -0.195. The van der Waals surface area contributed by atoms with Gasteiger partial charge in [0.25, 0.3) is 0 Å². The van der Waals surface area contributed by atoms with Gasteiger partial charge in [-0.15, -0.1) is 0 Å². The number of aliphatic hydroxyl groups is 1. The Morgan fingerprint density at radius 2 is 2.03 bits per heavy atom. The smallest absolute Gasteiger partial charge is 0.246 e. The molecule has 6 rings (SSSR count). The van der Waals surface area contributed by atoms with Crippen LogP contribution in [0.2, 0.25) is 0 Å². The van der Waals surface area contributed by atoms with Crippen molar-refractivity contribution in [2.75, 3.05) is 27.7 Å². The summed E-state index contributed by atoms with van der Waals surface area (Å²) in [6.07, 6.45) is 6.12. The number of nitrogens with zero attached hydrogens (tertiary/aromatic N) is 2. The van der Waals surface area contributed by atoms with Gasteiger partial charge in [-0.25, -0.2) is 0 Å². The molecule has 178 valence electrons. The standard InChI is InChI=1S/C28H32N2O4/c1-29-16-15-27-24-19-10-11-21(33-3)25(24)34-26(27)20(13-14-28(27,32)22(29)17-19)30(2)23(31)12-9-18-7-5-4-6-8-18/h4-12,20,22,26,32H,13-17H2,1-3H3/t20-,22-,26+,27+,28-/m1/s1. The monoisotopic (exact) mass is 460 g/mol. The van der Waals surface area contributed by atoms with Crippen LogP contribution >= 0.6 is 0 Å².